The fourth-order valence-electron chi connectivity index (χ4n) is 0.872. The van der Waals surface area contributed by atoms with Crippen LogP contribution in [0, 0.1) is 5.92 Å². The summed E-state index contributed by atoms with van der Waals surface area (Å²) in [7, 11) is 0. The molecule has 0 bridgehead atoms. The van der Waals surface area contributed by atoms with Crippen LogP contribution in [0.25, 0.3) is 0 Å². The molecular formula is C6H13NO2. The first-order valence-electron chi connectivity index (χ1n) is 3.27. The third-order valence-electron chi connectivity index (χ3n) is 1.54. The maximum absolute atomic E-state index is 8.82. The SMILES string of the molecule is CC(C)[C@@H]1CNC(O)O1. The predicted octanol–water partition coefficient (Wildman–Crippen LogP) is -0.0933. The lowest BCUT2D eigenvalue weighted by atomic mass is 10.1. The first-order chi connectivity index (χ1) is 4.20. The molecular weight excluding hydrogens is 118 g/mol. The average Bonchev–Trinajstić information content (AvgIpc) is 2.14. The molecule has 0 aliphatic carbocycles. The molecule has 1 unspecified atom stereocenters. The molecule has 2 atom stereocenters. The lowest BCUT2D eigenvalue weighted by Gasteiger charge is -2.11. The molecule has 3 nitrogen and oxygen atoms in total. The average molecular weight is 131 g/mol. The molecule has 0 saturated carbocycles. The number of hydrogen-bond acceptors (Lipinski definition) is 3. The van der Waals surface area contributed by atoms with Gasteiger partial charge in [0.1, 0.15) is 0 Å². The molecule has 0 aromatic rings. The van der Waals surface area contributed by atoms with Crippen LogP contribution in [0.1, 0.15) is 13.8 Å². The normalized spacial score (nSPS) is 36.0. The molecule has 0 amide bonds. The molecule has 54 valence electrons. The Morgan fingerprint density at radius 3 is 2.56 bits per heavy atom. The van der Waals surface area contributed by atoms with E-state index in [0.717, 1.165) is 6.54 Å². The van der Waals surface area contributed by atoms with E-state index in [9.17, 15) is 0 Å². The third-order valence-corrected chi connectivity index (χ3v) is 1.54. The van der Waals surface area contributed by atoms with E-state index in [4.69, 9.17) is 9.84 Å². The van der Waals surface area contributed by atoms with Gasteiger partial charge in [-0.3, -0.25) is 5.32 Å². The van der Waals surface area contributed by atoms with Gasteiger partial charge in [0.2, 0.25) is 6.41 Å². The van der Waals surface area contributed by atoms with Gasteiger partial charge < -0.3 is 9.84 Å². The Bertz CT molecular complexity index is 95.1. The molecule has 1 heterocycles. The summed E-state index contributed by atoms with van der Waals surface area (Å²) in [6.07, 6.45) is -0.558. The number of aliphatic hydroxyl groups excluding tert-OH is 1. The van der Waals surface area contributed by atoms with Gasteiger partial charge in [0.15, 0.2) is 0 Å². The van der Waals surface area contributed by atoms with Crippen molar-refractivity contribution in [3.8, 4) is 0 Å². The number of nitrogens with one attached hydrogen (secondary N) is 1. The second-order valence-corrected chi connectivity index (χ2v) is 2.68. The van der Waals surface area contributed by atoms with Crippen molar-refractivity contribution in [3.05, 3.63) is 0 Å². The van der Waals surface area contributed by atoms with Crippen LogP contribution in [0.3, 0.4) is 0 Å². The minimum atomic E-state index is -0.739. The molecule has 0 aromatic carbocycles. The van der Waals surface area contributed by atoms with Crippen molar-refractivity contribution in [1.82, 2.24) is 5.32 Å². The molecule has 1 fully saturated rings. The van der Waals surface area contributed by atoms with Crippen molar-refractivity contribution in [3.63, 3.8) is 0 Å². The highest BCUT2D eigenvalue weighted by molar-refractivity contribution is 4.70. The van der Waals surface area contributed by atoms with Crippen LogP contribution in [0.5, 0.6) is 0 Å². The monoisotopic (exact) mass is 131 g/mol. The standard InChI is InChI=1S/C6H13NO2/c1-4(2)5-3-7-6(8)9-5/h4-8H,3H2,1-2H3/t5-,6?/m0/s1. The summed E-state index contributed by atoms with van der Waals surface area (Å²) >= 11 is 0. The van der Waals surface area contributed by atoms with Crippen molar-refractivity contribution in [2.75, 3.05) is 6.54 Å². The summed E-state index contributed by atoms with van der Waals surface area (Å²) < 4.78 is 5.07. The van der Waals surface area contributed by atoms with Crippen molar-refractivity contribution in [1.29, 1.82) is 0 Å². The molecule has 1 aliphatic rings. The summed E-state index contributed by atoms with van der Waals surface area (Å²) in [5.41, 5.74) is 0. The van der Waals surface area contributed by atoms with Crippen LogP contribution in [0.15, 0.2) is 0 Å². The first-order valence-corrected chi connectivity index (χ1v) is 3.27. The van der Waals surface area contributed by atoms with E-state index in [0.29, 0.717) is 5.92 Å². The molecule has 0 aromatic heterocycles. The quantitative estimate of drug-likeness (QED) is 0.522. The van der Waals surface area contributed by atoms with Crippen molar-refractivity contribution >= 4 is 0 Å². The number of hydrogen-bond donors (Lipinski definition) is 2. The fourth-order valence-corrected chi connectivity index (χ4v) is 0.872. The molecule has 9 heavy (non-hydrogen) atoms. The van der Waals surface area contributed by atoms with Crippen LogP contribution < -0.4 is 5.32 Å². The molecule has 0 radical (unpaired) electrons. The second kappa shape index (κ2) is 2.64. The zero-order valence-electron chi connectivity index (χ0n) is 5.79. The van der Waals surface area contributed by atoms with E-state index in [1.165, 1.54) is 0 Å². The lowest BCUT2D eigenvalue weighted by Crippen LogP contribution is -2.21. The minimum Gasteiger partial charge on any atom is -0.356 e. The number of aliphatic hydroxyl groups is 1. The van der Waals surface area contributed by atoms with Crippen LogP contribution >= 0.6 is 0 Å². The smallest absolute Gasteiger partial charge is 0.213 e. The fraction of sp³-hybridized carbons (Fsp3) is 1.00. The van der Waals surface area contributed by atoms with Crippen molar-refractivity contribution in [2.24, 2.45) is 5.92 Å². The first kappa shape index (κ1) is 6.99. The zero-order valence-corrected chi connectivity index (χ0v) is 5.79. The van der Waals surface area contributed by atoms with Crippen LogP contribution in [0.4, 0.5) is 0 Å². The summed E-state index contributed by atoms with van der Waals surface area (Å²) in [5.74, 6) is 0.481. The van der Waals surface area contributed by atoms with Crippen molar-refractivity contribution < 1.29 is 9.84 Å². The lowest BCUT2D eigenvalue weighted by molar-refractivity contribution is -0.109. The van der Waals surface area contributed by atoms with Gasteiger partial charge in [0.05, 0.1) is 6.10 Å². The largest absolute Gasteiger partial charge is 0.356 e. The van der Waals surface area contributed by atoms with Gasteiger partial charge in [-0.1, -0.05) is 13.8 Å². The highest BCUT2D eigenvalue weighted by Gasteiger charge is 2.24. The van der Waals surface area contributed by atoms with E-state index in [2.05, 4.69) is 19.2 Å². The highest BCUT2D eigenvalue weighted by atomic mass is 16.6. The molecule has 1 aliphatic heterocycles. The topological polar surface area (TPSA) is 41.5 Å². The van der Waals surface area contributed by atoms with E-state index >= 15 is 0 Å². The maximum Gasteiger partial charge on any atom is 0.213 e. The van der Waals surface area contributed by atoms with Crippen LogP contribution in [-0.4, -0.2) is 24.2 Å². The Hall–Kier alpha value is -0.120. The number of ether oxygens (including phenoxy) is 1. The third kappa shape index (κ3) is 1.64. The Kier molecular flexibility index (Phi) is 2.05. The van der Waals surface area contributed by atoms with E-state index in [-0.39, 0.29) is 6.10 Å². The molecule has 2 N–H and O–H groups in total. The number of rotatable bonds is 1. The highest BCUT2D eigenvalue weighted by Crippen LogP contribution is 2.11. The summed E-state index contributed by atoms with van der Waals surface area (Å²) in [4.78, 5) is 0. The van der Waals surface area contributed by atoms with E-state index < -0.39 is 6.41 Å². The van der Waals surface area contributed by atoms with Gasteiger partial charge in [-0.15, -0.1) is 0 Å². The van der Waals surface area contributed by atoms with Crippen LogP contribution in [0.2, 0.25) is 0 Å². The summed E-state index contributed by atoms with van der Waals surface area (Å²) in [6, 6.07) is 0. The molecule has 1 saturated heterocycles. The molecule has 1 rings (SSSR count). The van der Waals surface area contributed by atoms with Gasteiger partial charge in [0, 0.05) is 6.54 Å². The molecule has 0 spiro atoms. The summed E-state index contributed by atoms with van der Waals surface area (Å²) in [5, 5.41) is 11.6. The summed E-state index contributed by atoms with van der Waals surface area (Å²) in [6.45, 7) is 4.91. The van der Waals surface area contributed by atoms with Crippen LogP contribution in [-0.2, 0) is 4.74 Å². The van der Waals surface area contributed by atoms with Gasteiger partial charge in [-0.25, -0.2) is 0 Å². The van der Waals surface area contributed by atoms with Gasteiger partial charge in [-0.05, 0) is 5.92 Å². The van der Waals surface area contributed by atoms with E-state index in [1.54, 1.807) is 0 Å². The maximum atomic E-state index is 8.82. The van der Waals surface area contributed by atoms with E-state index in [1.807, 2.05) is 0 Å². The minimum absolute atomic E-state index is 0.181. The zero-order chi connectivity index (χ0) is 6.85. The Labute approximate surface area is 55.0 Å². The Balaban J connectivity index is 2.30. The Morgan fingerprint density at radius 1 is 1.67 bits per heavy atom. The Morgan fingerprint density at radius 2 is 2.33 bits per heavy atom. The molecule has 3 heteroatoms. The van der Waals surface area contributed by atoms with Gasteiger partial charge in [0.25, 0.3) is 0 Å². The van der Waals surface area contributed by atoms with Gasteiger partial charge in [-0.2, -0.15) is 0 Å². The second-order valence-electron chi connectivity index (χ2n) is 2.68. The predicted molar refractivity (Wildman–Crippen MR) is 33.7 cm³/mol. The van der Waals surface area contributed by atoms with Gasteiger partial charge >= 0.3 is 0 Å². The van der Waals surface area contributed by atoms with Crippen molar-refractivity contribution in [2.45, 2.75) is 26.4 Å².